The van der Waals surface area contributed by atoms with Gasteiger partial charge in [0.2, 0.25) is 5.91 Å². The van der Waals surface area contributed by atoms with Crippen LogP contribution >= 0.6 is 11.3 Å². The van der Waals surface area contributed by atoms with Gasteiger partial charge in [-0.15, -0.1) is 17.9 Å². The van der Waals surface area contributed by atoms with Crippen molar-refractivity contribution < 1.29 is 14.6 Å². The highest BCUT2D eigenvalue weighted by Gasteiger charge is 2.20. The standard InChI is InChI=1S/C20H24N2O3S/c1-3-7-21-19(24)6-8-22-9-10-25-20-16(13-22)11-15(12-17(20)23)18-5-4-14(2)26-18/h3-5,11-12,23H,1,6-10,13H2,2H3,(H,21,24). The van der Waals surface area contributed by atoms with Crippen molar-refractivity contribution in [2.24, 2.45) is 0 Å². The number of rotatable bonds is 6. The molecular weight excluding hydrogens is 348 g/mol. The van der Waals surface area contributed by atoms with E-state index in [9.17, 15) is 9.90 Å². The zero-order chi connectivity index (χ0) is 18.5. The molecule has 2 aromatic rings. The van der Waals surface area contributed by atoms with E-state index in [4.69, 9.17) is 4.74 Å². The maximum Gasteiger partial charge on any atom is 0.221 e. The van der Waals surface area contributed by atoms with Crippen LogP contribution in [0, 0.1) is 6.92 Å². The van der Waals surface area contributed by atoms with Gasteiger partial charge < -0.3 is 15.2 Å². The van der Waals surface area contributed by atoms with E-state index < -0.39 is 0 Å². The molecule has 1 aliphatic heterocycles. The van der Waals surface area contributed by atoms with Gasteiger partial charge in [0.05, 0.1) is 0 Å². The van der Waals surface area contributed by atoms with Gasteiger partial charge in [-0.2, -0.15) is 0 Å². The van der Waals surface area contributed by atoms with E-state index >= 15 is 0 Å². The normalized spacial score (nSPS) is 14.2. The molecule has 1 aromatic heterocycles. The van der Waals surface area contributed by atoms with Crippen LogP contribution in [0.1, 0.15) is 16.9 Å². The quantitative estimate of drug-likeness (QED) is 0.764. The molecule has 6 heteroatoms. The predicted octanol–water partition coefficient (Wildman–Crippen LogP) is 3.32. The minimum absolute atomic E-state index is 0.0148. The van der Waals surface area contributed by atoms with Gasteiger partial charge in [0.1, 0.15) is 6.61 Å². The summed E-state index contributed by atoms with van der Waals surface area (Å²) in [5.41, 5.74) is 1.95. The lowest BCUT2D eigenvalue weighted by Crippen LogP contribution is -2.32. The van der Waals surface area contributed by atoms with Gasteiger partial charge in [-0.1, -0.05) is 6.08 Å². The van der Waals surface area contributed by atoms with E-state index in [-0.39, 0.29) is 11.7 Å². The highest BCUT2D eigenvalue weighted by Crippen LogP contribution is 2.39. The lowest BCUT2D eigenvalue weighted by molar-refractivity contribution is -0.121. The number of fused-ring (bicyclic) bond motifs is 1. The van der Waals surface area contributed by atoms with Gasteiger partial charge in [-0.05, 0) is 36.8 Å². The summed E-state index contributed by atoms with van der Waals surface area (Å²) in [6.07, 6.45) is 2.10. The third-order valence-corrected chi connectivity index (χ3v) is 5.37. The lowest BCUT2D eigenvalue weighted by atomic mass is 10.1. The number of carbonyl (C=O) groups excluding carboxylic acids is 1. The summed E-state index contributed by atoms with van der Waals surface area (Å²) in [7, 11) is 0. The van der Waals surface area contributed by atoms with Crippen LogP contribution in [0.2, 0.25) is 0 Å². The third-order valence-electron chi connectivity index (χ3n) is 4.32. The number of hydrogen-bond acceptors (Lipinski definition) is 5. The minimum atomic E-state index is 0.0148. The number of nitrogens with one attached hydrogen (secondary N) is 1. The Kier molecular flexibility index (Phi) is 5.96. The second-order valence-electron chi connectivity index (χ2n) is 6.36. The number of thiophene rings is 1. The van der Waals surface area contributed by atoms with E-state index in [1.807, 2.05) is 0 Å². The number of ether oxygens (including phenoxy) is 1. The molecule has 0 saturated heterocycles. The highest BCUT2D eigenvalue weighted by molar-refractivity contribution is 7.15. The maximum absolute atomic E-state index is 11.8. The summed E-state index contributed by atoms with van der Waals surface area (Å²) in [6, 6.07) is 7.99. The number of nitrogens with zero attached hydrogens (tertiary/aromatic N) is 1. The second kappa shape index (κ2) is 8.38. The minimum Gasteiger partial charge on any atom is -0.504 e. The predicted molar refractivity (Wildman–Crippen MR) is 105 cm³/mol. The average Bonchev–Trinajstić information content (AvgIpc) is 2.94. The van der Waals surface area contributed by atoms with Gasteiger partial charge >= 0.3 is 0 Å². The number of hydrogen-bond donors (Lipinski definition) is 2. The van der Waals surface area contributed by atoms with Crippen molar-refractivity contribution in [1.82, 2.24) is 10.2 Å². The molecule has 0 bridgehead atoms. The highest BCUT2D eigenvalue weighted by atomic mass is 32.1. The van der Waals surface area contributed by atoms with Crippen molar-refractivity contribution in [1.29, 1.82) is 0 Å². The van der Waals surface area contributed by atoms with E-state index in [1.165, 1.54) is 4.88 Å². The van der Waals surface area contributed by atoms with Crippen molar-refractivity contribution in [2.75, 3.05) is 26.2 Å². The maximum atomic E-state index is 11.8. The molecule has 1 aliphatic rings. The first-order valence-electron chi connectivity index (χ1n) is 8.72. The largest absolute Gasteiger partial charge is 0.504 e. The molecular formula is C20H24N2O3S. The molecule has 0 aliphatic carbocycles. The summed E-state index contributed by atoms with van der Waals surface area (Å²) in [5.74, 6) is 0.746. The van der Waals surface area contributed by atoms with Crippen LogP contribution in [0.15, 0.2) is 36.9 Å². The molecule has 0 spiro atoms. The zero-order valence-electron chi connectivity index (χ0n) is 15.0. The van der Waals surface area contributed by atoms with Crippen LogP contribution in [-0.4, -0.2) is 42.2 Å². The number of aromatic hydroxyl groups is 1. The van der Waals surface area contributed by atoms with Crippen LogP contribution in [0.5, 0.6) is 11.5 Å². The summed E-state index contributed by atoms with van der Waals surface area (Å²) in [5, 5.41) is 13.2. The Hall–Kier alpha value is -2.31. The molecule has 0 unspecified atom stereocenters. The Bertz CT molecular complexity index is 800. The summed E-state index contributed by atoms with van der Waals surface area (Å²) < 4.78 is 5.78. The summed E-state index contributed by atoms with van der Waals surface area (Å²) in [4.78, 5) is 16.4. The van der Waals surface area contributed by atoms with Crippen LogP contribution in [0.3, 0.4) is 0 Å². The molecule has 0 atom stereocenters. The number of aryl methyl sites for hydroxylation is 1. The van der Waals surface area contributed by atoms with E-state index in [0.29, 0.717) is 38.4 Å². The van der Waals surface area contributed by atoms with Gasteiger partial charge in [0.15, 0.2) is 11.5 Å². The SMILES string of the molecule is C=CCNC(=O)CCN1CCOc2c(O)cc(-c3ccc(C)s3)cc2C1. The molecule has 2 N–H and O–H groups in total. The summed E-state index contributed by atoms with van der Waals surface area (Å²) in [6.45, 7) is 8.66. The molecule has 1 amide bonds. The fraction of sp³-hybridized carbons (Fsp3) is 0.350. The Morgan fingerprint density at radius 1 is 1.46 bits per heavy atom. The smallest absolute Gasteiger partial charge is 0.221 e. The van der Waals surface area contributed by atoms with E-state index in [0.717, 1.165) is 22.5 Å². The van der Waals surface area contributed by atoms with Crippen LogP contribution in [0.25, 0.3) is 10.4 Å². The fourth-order valence-corrected chi connectivity index (χ4v) is 3.86. The topological polar surface area (TPSA) is 61.8 Å². The molecule has 26 heavy (non-hydrogen) atoms. The number of benzene rings is 1. The van der Waals surface area contributed by atoms with Crippen molar-refractivity contribution in [2.45, 2.75) is 19.9 Å². The van der Waals surface area contributed by atoms with Gasteiger partial charge in [0.25, 0.3) is 0 Å². The van der Waals surface area contributed by atoms with E-state index in [1.54, 1.807) is 23.5 Å². The Balaban J connectivity index is 1.74. The first-order valence-corrected chi connectivity index (χ1v) is 9.54. The van der Waals surface area contributed by atoms with Crippen molar-refractivity contribution in [3.8, 4) is 21.9 Å². The van der Waals surface area contributed by atoms with Gasteiger partial charge in [0, 0.05) is 47.9 Å². The lowest BCUT2D eigenvalue weighted by Gasteiger charge is -2.19. The first-order chi connectivity index (χ1) is 12.6. The van der Waals surface area contributed by atoms with Crippen LogP contribution < -0.4 is 10.1 Å². The van der Waals surface area contributed by atoms with Gasteiger partial charge in [-0.25, -0.2) is 0 Å². The van der Waals surface area contributed by atoms with Crippen LogP contribution in [0.4, 0.5) is 0 Å². The Morgan fingerprint density at radius 3 is 3.04 bits per heavy atom. The Morgan fingerprint density at radius 2 is 2.31 bits per heavy atom. The summed E-state index contributed by atoms with van der Waals surface area (Å²) >= 11 is 1.70. The monoisotopic (exact) mass is 372 g/mol. The Labute approximate surface area is 157 Å². The van der Waals surface area contributed by atoms with Crippen LogP contribution in [-0.2, 0) is 11.3 Å². The molecule has 1 aromatic carbocycles. The number of carbonyl (C=O) groups is 1. The molecule has 0 fully saturated rings. The van der Waals surface area contributed by atoms with Crippen molar-refractivity contribution in [3.05, 3.63) is 47.4 Å². The fourth-order valence-electron chi connectivity index (χ4n) is 3.01. The molecule has 0 radical (unpaired) electrons. The van der Waals surface area contributed by atoms with Gasteiger partial charge in [-0.3, -0.25) is 9.69 Å². The molecule has 138 valence electrons. The number of phenols is 1. The molecule has 2 heterocycles. The average molecular weight is 372 g/mol. The molecule has 0 saturated carbocycles. The molecule has 5 nitrogen and oxygen atoms in total. The number of amides is 1. The van der Waals surface area contributed by atoms with E-state index in [2.05, 4.69) is 41.9 Å². The van der Waals surface area contributed by atoms with Crippen molar-refractivity contribution in [3.63, 3.8) is 0 Å². The molecule has 3 rings (SSSR count). The third kappa shape index (κ3) is 4.45. The zero-order valence-corrected chi connectivity index (χ0v) is 15.8. The van der Waals surface area contributed by atoms with Crippen molar-refractivity contribution >= 4 is 17.2 Å². The first kappa shape index (κ1) is 18.5. The second-order valence-corrected chi connectivity index (χ2v) is 7.65. The number of phenolic OH excluding ortho intramolecular Hbond substituents is 1.